The molecule has 16 heavy (non-hydrogen) atoms. The fourth-order valence-electron chi connectivity index (χ4n) is 1.18. The normalized spacial score (nSPS) is 10.6. The molecular formula is C9H15F2N5. The van der Waals surface area contributed by atoms with Crippen molar-refractivity contribution in [1.82, 2.24) is 9.97 Å². The second-order valence-corrected chi connectivity index (χ2v) is 3.22. The molecular weight excluding hydrogens is 216 g/mol. The predicted octanol–water partition coefficient (Wildman–Crippen LogP) is 1.39. The zero-order valence-corrected chi connectivity index (χ0v) is 9.00. The standard InChI is InChI=1S/C9H15F2N5/c1-2-3-7-14-8(13-5-6(10)11)4-9(15-7)16-12/h4,6H,2-3,5,12H2,1H3,(H2,13,14,15,16). The van der Waals surface area contributed by atoms with E-state index in [-0.39, 0.29) is 0 Å². The Labute approximate surface area is 92.4 Å². The number of nitrogens with one attached hydrogen (secondary N) is 2. The lowest BCUT2D eigenvalue weighted by Crippen LogP contribution is -2.15. The number of nitrogens with zero attached hydrogens (tertiary/aromatic N) is 2. The zero-order chi connectivity index (χ0) is 12.0. The molecule has 4 N–H and O–H groups in total. The van der Waals surface area contributed by atoms with Crippen LogP contribution in [0.4, 0.5) is 20.4 Å². The molecule has 1 aromatic rings. The molecule has 0 unspecified atom stereocenters. The molecule has 0 fully saturated rings. The molecule has 1 heterocycles. The molecule has 0 atom stereocenters. The van der Waals surface area contributed by atoms with Gasteiger partial charge in [-0.15, -0.1) is 0 Å². The highest BCUT2D eigenvalue weighted by atomic mass is 19.3. The maximum absolute atomic E-state index is 12.0. The number of aryl methyl sites for hydroxylation is 1. The molecule has 0 aliphatic carbocycles. The first-order valence-electron chi connectivity index (χ1n) is 5.02. The Morgan fingerprint density at radius 2 is 2.06 bits per heavy atom. The quantitative estimate of drug-likeness (QED) is 0.509. The van der Waals surface area contributed by atoms with Gasteiger partial charge in [-0.2, -0.15) is 0 Å². The Bertz CT molecular complexity index is 332. The number of rotatable bonds is 6. The molecule has 0 bridgehead atoms. The molecule has 1 aromatic heterocycles. The number of halogens is 2. The van der Waals surface area contributed by atoms with Gasteiger partial charge in [-0.3, -0.25) is 0 Å². The molecule has 7 heteroatoms. The third-order valence-electron chi connectivity index (χ3n) is 1.83. The smallest absolute Gasteiger partial charge is 0.255 e. The monoisotopic (exact) mass is 231 g/mol. The van der Waals surface area contributed by atoms with Crippen molar-refractivity contribution in [2.45, 2.75) is 26.2 Å². The van der Waals surface area contributed by atoms with Crippen molar-refractivity contribution in [2.75, 3.05) is 17.3 Å². The van der Waals surface area contributed by atoms with E-state index in [1.54, 1.807) is 0 Å². The van der Waals surface area contributed by atoms with Crippen LogP contribution in [0.25, 0.3) is 0 Å². The second-order valence-electron chi connectivity index (χ2n) is 3.22. The molecule has 0 spiro atoms. The van der Waals surface area contributed by atoms with Gasteiger partial charge in [-0.1, -0.05) is 6.92 Å². The van der Waals surface area contributed by atoms with Crippen LogP contribution in [-0.4, -0.2) is 22.9 Å². The Morgan fingerprint density at radius 3 is 2.62 bits per heavy atom. The van der Waals surface area contributed by atoms with Gasteiger partial charge in [-0.05, 0) is 6.42 Å². The number of nitrogen functional groups attached to an aromatic ring is 1. The number of anilines is 2. The summed E-state index contributed by atoms with van der Waals surface area (Å²) >= 11 is 0. The van der Waals surface area contributed by atoms with Crippen LogP contribution in [0.5, 0.6) is 0 Å². The van der Waals surface area contributed by atoms with Gasteiger partial charge in [0.05, 0.1) is 6.54 Å². The summed E-state index contributed by atoms with van der Waals surface area (Å²) in [6.45, 7) is 1.55. The molecule has 0 aliphatic heterocycles. The van der Waals surface area contributed by atoms with Crippen LogP contribution in [0.2, 0.25) is 0 Å². The minimum Gasteiger partial charge on any atom is -0.364 e. The fourth-order valence-corrected chi connectivity index (χ4v) is 1.18. The SMILES string of the molecule is CCCc1nc(NN)cc(NCC(F)F)n1. The lowest BCUT2D eigenvalue weighted by molar-refractivity contribution is 0.163. The van der Waals surface area contributed by atoms with Gasteiger partial charge in [-0.25, -0.2) is 24.6 Å². The average Bonchev–Trinajstić information content (AvgIpc) is 2.26. The Hall–Kier alpha value is -1.50. The van der Waals surface area contributed by atoms with E-state index in [1.165, 1.54) is 6.07 Å². The minimum atomic E-state index is -2.42. The van der Waals surface area contributed by atoms with E-state index in [9.17, 15) is 8.78 Å². The van der Waals surface area contributed by atoms with E-state index in [0.29, 0.717) is 23.9 Å². The van der Waals surface area contributed by atoms with Crippen LogP contribution in [0.15, 0.2) is 6.07 Å². The summed E-state index contributed by atoms with van der Waals surface area (Å²) in [5.74, 6) is 6.57. The number of hydrogen-bond acceptors (Lipinski definition) is 5. The summed E-state index contributed by atoms with van der Waals surface area (Å²) in [6, 6.07) is 1.49. The molecule has 0 aromatic carbocycles. The number of aromatic nitrogens is 2. The first-order chi connectivity index (χ1) is 7.65. The molecule has 1 rings (SSSR count). The molecule has 90 valence electrons. The first kappa shape index (κ1) is 12.6. The summed E-state index contributed by atoms with van der Waals surface area (Å²) in [5, 5.41) is 2.52. The minimum absolute atomic E-state index is 0.353. The van der Waals surface area contributed by atoms with Crippen LogP contribution in [0, 0.1) is 0 Å². The maximum Gasteiger partial charge on any atom is 0.255 e. The van der Waals surface area contributed by atoms with Crippen molar-refractivity contribution in [3.63, 3.8) is 0 Å². The fraction of sp³-hybridized carbons (Fsp3) is 0.556. The van der Waals surface area contributed by atoms with E-state index < -0.39 is 13.0 Å². The molecule has 0 saturated carbocycles. The van der Waals surface area contributed by atoms with Crippen molar-refractivity contribution in [1.29, 1.82) is 0 Å². The highest BCUT2D eigenvalue weighted by molar-refractivity contribution is 5.46. The molecule has 5 nitrogen and oxygen atoms in total. The molecule has 0 aliphatic rings. The van der Waals surface area contributed by atoms with Gasteiger partial charge < -0.3 is 10.7 Å². The van der Waals surface area contributed by atoms with Crippen molar-refractivity contribution in [3.05, 3.63) is 11.9 Å². The van der Waals surface area contributed by atoms with Crippen molar-refractivity contribution in [2.24, 2.45) is 5.84 Å². The van der Waals surface area contributed by atoms with Gasteiger partial charge in [0.1, 0.15) is 17.5 Å². The number of alkyl halides is 2. The van der Waals surface area contributed by atoms with Gasteiger partial charge in [0.2, 0.25) is 0 Å². The van der Waals surface area contributed by atoms with Crippen molar-refractivity contribution >= 4 is 11.6 Å². The highest BCUT2D eigenvalue weighted by Crippen LogP contribution is 2.11. The predicted molar refractivity (Wildman–Crippen MR) is 58.3 cm³/mol. The second kappa shape index (κ2) is 6.16. The number of hydrogen-bond donors (Lipinski definition) is 3. The number of hydrazine groups is 1. The average molecular weight is 231 g/mol. The third kappa shape index (κ3) is 3.93. The Balaban J connectivity index is 2.77. The lowest BCUT2D eigenvalue weighted by atomic mass is 10.3. The topological polar surface area (TPSA) is 75.9 Å². The van der Waals surface area contributed by atoms with Crippen molar-refractivity contribution < 1.29 is 8.78 Å². The van der Waals surface area contributed by atoms with E-state index in [1.807, 2.05) is 6.92 Å². The van der Waals surface area contributed by atoms with Gasteiger partial charge in [0, 0.05) is 12.5 Å². The summed E-state index contributed by atoms with van der Waals surface area (Å²) in [5.41, 5.74) is 2.38. The van der Waals surface area contributed by atoms with Crippen LogP contribution in [0.1, 0.15) is 19.2 Å². The summed E-state index contributed by atoms with van der Waals surface area (Å²) < 4.78 is 24.0. The van der Waals surface area contributed by atoms with Crippen LogP contribution in [-0.2, 0) is 6.42 Å². The Kier molecular flexibility index (Phi) is 4.84. The van der Waals surface area contributed by atoms with Gasteiger partial charge in [0.25, 0.3) is 6.43 Å². The summed E-state index contributed by atoms with van der Waals surface area (Å²) in [6.07, 6.45) is -0.861. The molecule has 0 amide bonds. The van der Waals surface area contributed by atoms with E-state index in [4.69, 9.17) is 5.84 Å². The number of nitrogens with two attached hydrogens (primary N) is 1. The first-order valence-corrected chi connectivity index (χ1v) is 5.02. The lowest BCUT2D eigenvalue weighted by Gasteiger charge is -2.08. The van der Waals surface area contributed by atoms with E-state index in [2.05, 4.69) is 20.7 Å². The van der Waals surface area contributed by atoms with Gasteiger partial charge in [0.15, 0.2) is 0 Å². The van der Waals surface area contributed by atoms with E-state index >= 15 is 0 Å². The summed E-state index contributed by atoms with van der Waals surface area (Å²) in [7, 11) is 0. The van der Waals surface area contributed by atoms with Gasteiger partial charge >= 0.3 is 0 Å². The zero-order valence-electron chi connectivity index (χ0n) is 9.00. The van der Waals surface area contributed by atoms with Crippen LogP contribution >= 0.6 is 0 Å². The highest BCUT2D eigenvalue weighted by Gasteiger charge is 2.06. The Morgan fingerprint density at radius 1 is 1.38 bits per heavy atom. The van der Waals surface area contributed by atoms with Crippen molar-refractivity contribution in [3.8, 4) is 0 Å². The molecule has 0 radical (unpaired) electrons. The summed E-state index contributed by atoms with van der Waals surface area (Å²) in [4.78, 5) is 8.19. The maximum atomic E-state index is 12.0. The van der Waals surface area contributed by atoms with E-state index in [0.717, 1.165) is 6.42 Å². The van der Waals surface area contributed by atoms with Crippen LogP contribution in [0.3, 0.4) is 0 Å². The largest absolute Gasteiger partial charge is 0.364 e. The third-order valence-corrected chi connectivity index (χ3v) is 1.83. The van der Waals surface area contributed by atoms with Crippen LogP contribution < -0.4 is 16.6 Å². The molecule has 0 saturated heterocycles.